The first-order chi connectivity index (χ1) is 28.7. The number of likely N-dealkylation sites (tertiary alicyclic amines) is 1. The number of amides is 5. The molecular formula is C44H46ClN7O7S. The topological polar surface area (TPSA) is 152 Å². The molecule has 0 radical (unpaired) electrons. The van der Waals surface area contributed by atoms with E-state index in [9.17, 15) is 32.4 Å². The molecule has 1 N–H and O–H groups in total. The van der Waals surface area contributed by atoms with Crippen molar-refractivity contribution in [3.05, 3.63) is 93.3 Å². The van der Waals surface area contributed by atoms with E-state index in [-0.39, 0.29) is 41.8 Å². The van der Waals surface area contributed by atoms with Gasteiger partial charge in [0.2, 0.25) is 23.4 Å². The summed E-state index contributed by atoms with van der Waals surface area (Å²) in [5.74, 6) is -2.31. The Morgan fingerprint density at radius 2 is 1.52 bits per heavy atom. The van der Waals surface area contributed by atoms with Crippen LogP contribution in [0, 0.1) is 12.0 Å². The Morgan fingerprint density at radius 3 is 2.12 bits per heavy atom. The number of benzene rings is 3. The third-order valence-electron chi connectivity index (χ3n) is 13.6. The molecule has 3 aromatic rings. The number of anilines is 2. The lowest BCUT2D eigenvalue weighted by Crippen LogP contribution is -2.54. The van der Waals surface area contributed by atoms with Crippen LogP contribution < -0.4 is 15.1 Å². The van der Waals surface area contributed by atoms with E-state index in [1.165, 1.54) is 0 Å². The molecule has 0 saturated carbocycles. The van der Waals surface area contributed by atoms with Gasteiger partial charge in [-0.3, -0.25) is 39.1 Å². The van der Waals surface area contributed by atoms with Crippen LogP contribution in [0.1, 0.15) is 83.7 Å². The molecule has 4 saturated heterocycles. The number of halogens is 1. The van der Waals surface area contributed by atoms with Gasteiger partial charge in [0.15, 0.2) is 9.84 Å². The first-order valence-electron chi connectivity index (χ1n) is 20.6. The minimum atomic E-state index is -3.61. The summed E-state index contributed by atoms with van der Waals surface area (Å²) in [7, 11) is -3.61. The van der Waals surface area contributed by atoms with Crippen molar-refractivity contribution in [2.24, 2.45) is 5.41 Å². The Kier molecular flexibility index (Phi) is 10.2. The van der Waals surface area contributed by atoms with Gasteiger partial charge in [-0.25, -0.2) is 13.3 Å². The van der Waals surface area contributed by atoms with Gasteiger partial charge in [-0.15, -0.1) is 0 Å². The molecule has 3 aromatic carbocycles. The quantitative estimate of drug-likeness (QED) is 0.255. The number of imide groups is 2. The minimum Gasteiger partial charge on any atom is -0.371 e. The molecule has 9 rings (SSSR count). The number of carbonyl (C=O) groups is 5. The zero-order valence-electron chi connectivity index (χ0n) is 33.4. The van der Waals surface area contributed by atoms with Crippen LogP contribution in [0.4, 0.5) is 17.1 Å². The van der Waals surface area contributed by atoms with Crippen LogP contribution in [-0.2, 0) is 37.3 Å². The predicted molar refractivity (Wildman–Crippen MR) is 223 cm³/mol. The lowest BCUT2D eigenvalue weighted by atomic mass is 9.76. The first-order valence-corrected chi connectivity index (χ1v) is 22.6. The number of piperidine rings is 3. The van der Waals surface area contributed by atoms with Crippen LogP contribution in [0.5, 0.6) is 0 Å². The standard InChI is InChI=1S/C44H46ClN7O7S/c1-27-22-44(26-51(27)31-5-8-37(46-2)36(45)21-31)13-17-49(18-14-44)30-3-6-32(7-4-30)60(58,59)33-11-15-50(16-12-33)40(54)25-48-23-28-19-34-35(20-29(28)24-48)43(57)52(42(34)56)38-9-10-39(53)47-41(38)55/h3-8,19-21,27,33,38H,9-18,22-26H2,1H3,(H,47,53,55)/t27-,38?/m0/s1. The van der Waals surface area contributed by atoms with E-state index in [2.05, 4.69) is 26.9 Å². The van der Waals surface area contributed by atoms with Crippen LogP contribution in [0.2, 0.25) is 5.02 Å². The summed E-state index contributed by atoms with van der Waals surface area (Å²) in [5.41, 5.74) is 4.81. The molecule has 4 fully saturated rings. The van der Waals surface area contributed by atoms with Crippen molar-refractivity contribution in [3.63, 3.8) is 0 Å². The Balaban J connectivity index is 0.755. The highest BCUT2D eigenvalue weighted by molar-refractivity contribution is 7.92. The van der Waals surface area contributed by atoms with Gasteiger partial charge in [0, 0.05) is 74.7 Å². The van der Waals surface area contributed by atoms with E-state index in [4.69, 9.17) is 18.2 Å². The van der Waals surface area contributed by atoms with E-state index >= 15 is 0 Å². The maximum Gasteiger partial charge on any atom is 0.262 e. The Hall–Kier alpha value is -5.30. The molecule has 0 aromatic heterocycles. The van der Waals surface area contributed by atoms with Crippen LogP contribution >= 0.6 is 11.6 Å². The Morgan fingerprint density at radius 1 is 0.883 bits per heavy atom. The third-order valence-corrected chi connectivity index (χ3v) is 16.2. The SMILES string of the molecule is [C-]#[N+]c1ccc(N2CC3(CCN(c4ccc(S(=O)(=O)C5CCN(C(=O)CN6Cc7cc8c(cc7C6)C(=O)N(C6CCC(=O)NC6=O)C8=O)CC5)cc4)CC3)C[C@@H]2C)cc1Cl. The van der Waals surface area contributed by atoms with E-state index in [1.807, 2.05) is 29.2 Å². The van der Waals surface area contributed by atoms with Gasteiger partial charge in [0.05, 0.1) is 34.4 Å². The maximum absolute atomic E-state index is 13.8. The summed E-state index contributed by atoms with van der Waals surface area (Å²) in [6.45, 7) is 13.8. The van der Waals surface area contributed by atoms with Crippen molar-refractivity contribution in [1.29, 1.82) is 0 Å². The molecule has 0 aliphatic carbocycles. The summed E-state index contributed by atoms with van der Waals surface area (Å²) in [6, 6.07) is 15.6. The van der Waals surface area contributed by atoms with Crippen LogP contribution in [0.25, 0.3) is 4.85 Å². The average molecular weight is 852 g/mol. The zero-order valence-corrected chi connectivity index (χ0v) is 34.9. The van der Waals surface area contributed by atoms with E-state index in [0.29, 0.717) is 60.7 Å². The number of hydrogen-bond donors (Lipinski definition) is 1. The van der Waals surface area contributed by atoms with Gasteiger partial charge >= 0.3 is 0 Å². The number of sulfone groups is 1. The average Bonchev–Trinajstić information content (AvgIpc) is 3.86. The lowest BCUT2D eigenvalue weighted by Gasteiger charge is -2.40. The molecule has 312 valence electrons. The van der Waals surface area contributed by atoms with E-state index < -0.39 is 44.8 Å². The van der Waals surface area contributed by atoms with E-state index in [1.54, 1.807) is 35.2 Å². The smallest absolute Gasteiger partial charge is 0.262 e. The number of hydrogen-bond acceptors (Lipinski definition) is 10. The number of carbonyl (C=O) groups excluding carboxylic acids is 5. The molecule has 1 unspecified atom stereocenters. The molecule has 0 bridgehead atoms. The Labute approximate surface area is 354 Å². The zero-order chi connectivity index (χ0) is 42.1. The summed E-state index contributed by atoms with van der Waals surface area (Å²) in [6.07, 6.45) is 3.96. The second-order valence-corrected chi connectivity index (χ2v) is 19.9. The second kappa shape index (κ2) is 15.3. The molecule has 14 nitrogen and oxygen atoms in total. The summed E-state index contributed by atoms with van der Waals surface area (Å²) in [4.78, 5) is 77.2. The maximum atomic E-state index is 13.8. The molecular weight excluding hydrogens is 806 g/mol. The number of rotatable bonds is 7. The number of nitrogens with one attached hydrogen (secondary N) is 1. The molecule has 5 amide bonds. The van der Waals surface area contributed by atoms with Crippen molar-refractivity contribution in [2.45, 2.75) is 87.2 Å². The fraction of sp³-hybridized carbons (Fsp3) is 0.455. The lowest BCUT2D eigenvalue weighted by molar-refractivity contribution is -0.136. The van der Waals surface area contributed by atoms with Crippen molar-refractivity contribution < 1.29 is 32.4 Å². The molecule has 2 atom stereocenters. The van der Waals surface area contributed by atoms with Gasteiger partial charge in [0.25, 0.3) is 11.8 Å². The Bertz CT molecular complexity index is 2430. The highest BCUT2D eigenvalue weighted by Gasteiger charge is 2.46. The molecule has 16 heteroatoms. The van der Waals surface area contributed by atoms with Gasteiger partial charge in [0.1, 0.15) is 6.04 Å². The van der Waals surface area contributed by atoms with Crippen LogP contribution in [-0.4, -0.2) is 109 Å². The summed E-state index contributed by atoms with van der Waals surface area (Å²) >= 11 is 6.37. The normalized spacial score (nSPS) is 23.3. The van der Waals surface area contributed by atoms with Crippen molar-refractivity contribution in [3.8, 4) is 0 Å². The summed E-state index contributed by atoms with van der Waals surface area (Å²) in [5, 5.41) is 2.10. The van der Waals surface area contributed by atoms with Crippen LogP contribution in [0.15, 0.2) is 59.5 Å². The highest BCUT2D eigenvalue weighted by atomic mass is 35.5. The van der Waals surface area contributed by atoms with Crippen LogP contribution in [0.3, 0.4) is 0 Å². The van der Waals surface area contributed by atoms with Crippen molar-refractivity contribution in [1.82, 2.24) is 20.0 Å². The summed E-state index contributed by atoms with van der Waals surface area (Å²) < 4.78 is 27.6. The number of fused-ring (bicyclic) bond motifs is 2. The van der Waals surface area contributed by atoms with Gasteiger partial charge in [-0.05, 0) is 111 Å². The largest absolute Gasteiger partial charge is 0.371 e. The monoisotopic (exact) mass is 851 g/mol. The highest BCUT2D eigenvalue weighted by Crippen LogP contribution is 2.46. The van der Waals surface area contributed by atoms with Gasteiger partial charge < -0.3 is 14.7 Å². The van der Waals surface area contributed by atoms with Gasteiger partial charge in [-0.1, -0.05) is 17.7 Å². The van der Waals surface area contributed by atoms with Crippen molar-refractivity contribution in [2.75, 3.05) is 49.1 Å². The van der Waals surface area contributed by atoms with E-state index in [0.717, 1.165) is 66.3 Å². The molecule has 6 aliphatic rings. The van der Waals surface area contributed by atoms with Crippen molar-refractivity contribution >= 4 is 68.0 Å². The molecule has 6 heterocycles. The minimum absolute atomic E-state index is 0.0487. The third kappa shape index (κ3) is 7.12. The molecule has 1 spiro atoms. The fourth-order valence-corrected chi connectivity index (χ4v) is 12.3. The predicted octanol–water partition coefficient (Wildman–Crippen LogP) is 4.96. The number of nitrogens with zero attached hydrogens (tertiary/aromatic N) is 6. The molecule has 60 heavy (non-hydrogen) atoms. The van der Waals surface area contributed by atoms with Gasteiger partial charge in [-0.2, -0.15) is 0 Å². The first kappa shape index (κ1) is 40.1. The second-order valence-electron chi connectivity index (χ2n) is 17.3. The molecule has 6 aliphatic heterocycles. The fourth-order valence-electron chi connectivity index (χ4n) is 10.3.